The Morgan fingerprint density at radius 2 is 2.07 bits per heavy atom. The van der Waals surface area contributed by atoms with Crippen LogP contribution >= 0.6 is 11.8 Å². The van der Waals surface area contributed by atoms with Crippen LogP contribution in [0.25, 0.3) is 0 Å². The van der Waals surface area contributed by atoms with Crippen molar-refractivity contribution in [2.45, 2.75) is 52.0 Å². The van der Waals surface area contributed by atoms with E-state index in [4.69, 9.17) is 4.99 Å². The summed E-state index contributed by atoms with van der Waals surface area (Å²) >= 11 is 1.70. The fourth-order valence-corrected chi connectivity index (χ4v) is 5.02. The summed E-state index contributed by atoms with van der Waals surface area (Å²) < 4.78 is 0. The Labute approximate surface area is 165 Å². The second kappa shape index (κ2) is 8.09. The van der Waals surface area contributed by atoms with Crippen molar-refractivity contribution in [1.29, 1.82) is 0 Å². The number of nitrogens with zero attached hydrogens (tertiary/aromatic N) is 3. The van der Waals surface area contributed by atoms with Gasteiger partial charge in [-0.1, -0.05) is 38.5 Å². The Hall–Kier alpha value is -1.76. The molecule has 3 aliphatic rings. The molecule has 27 heavy (non-hydrogen) atoms. The number of hydrogen-bond donors (Lipinski definition) is 2. The smallest absolute Gasteiger partial charge is 0.270 e. The molecular formula is C20H29N5OS. The lowest BCUT2D eigenvalue weighted by molar-refractivity contribution is 0.0787. The number of hydrogen-bond acceptors (Lipinski definition) is 4. The Morgan fingerprint density at radius 3 is 2.81 bits per heavy atom. The molecule has 2 aliphatic heterocycles. The van der Waals surface area contributed by atoms with Crippen LogP contribution in [0.2, 0.25) is 0 Å². The van der Waals surface area contributed by atoms with Crippen LogP contribution in [0.15, 0.2) is 22.4 Å². The molecule has 1 amide bonds. The van der Waals surface area contributed by atoms with Gasteiger partial charge in [-0.05, 0) is 37.2 Å². The van der Waals surface area contributed by atoms with Crippen LogP contribution < -0.4 is 5.43 Å². The Bertz CT molecular complexity index is 749. The first kappa shape index (κ1) is 18.6. The molecule has 6 nitrogen and oxygen atoms in total. The maximum Gasteiger partial charge on any atom is 0.270 e. The van der Waals surface area contributed by atoms with Crippen LogP contribution in [0, 0.1) is 11.8 Å². The number of carbonyl (C=O) groups excluding carboxylic acids is 1. The fourth-order valence-electron chi connectivity index (χ4n) is 4.19. The summed E-state index contributed by atoms with van der Waals surface area (Å²) in [6.07, 6.45) is 7.85. The van der Waals surface area contributed by atoms with Crippen LogP contribution in [-0.4, -0.2) is 51.6 Å². The minimum Gasteiger partial charge on any atom is -0.357 e. The quantitative estimate of drug-likeness (QED) is 0.834. The average molecular weight is 388 g/mol. The number of hydrazone groups is 1. The third-order valence-corrected chi connectivity index (χ3v) is 7.11. The third kappa shape index (κ3) is 4.08. The molecule has 0 aromatic carbocycles. The molecule has 0 radical (unpaired) electrons. The largest absolute Gasteiger partial charge is 0.357 e. The van der Waals surface area contributed by atoms with E-state index in [-0.39, 0.29) is 5.91 Å². The molecule has 1 saturated carbocycles. The number of aromatic nitrogens is 1. The molecule has 146 valence electrons. The van der Waals surface area contributed by atoms with Gasteiger partial charge in [-0.25, -0.2) is 0 Å². The van der Waals surface area contributed by atoms with Gasteiger partial charge in [0, 0.05) is 30.6 Å². The van der Waals surface area contributed by atoms with Crippen molar-refractivity contribution < 1.29 is 4.79 Å². The summed E-state index contributed by atoms with van der Waals surface area (Å²) in [5.41, 5.74) is 5.73. The van der Waals surface area contributed by atoms with Gasteiger partial charge in [-0.2, -0.15) is 5.10 Å². The molecule has 0 bridgehead atoms. The maximum atomic E-state index is 12.5. The number of H-pyrrole nitrogens is 1. The zero-order chi connectivity index (χ0) is 18.8. The predicted molar refractivity (Wildman–Crippen MR) is 111 cm³/mol. The minimum absolute atomic E-state index is 0.0958. The van der Waals surface area contributed by atoms with E-state index in [1.54, 1.807) is 11.8 Å². The monoisotopic (exact) mass is 387 g/mol. The number of aromatic amines is 1. The number of amidine groups is 1. The molecule has 1 aromatic rings. The molecule has 1 aliphatic carbocycles. The summed E-state index contributed by atoms with van der Waals surface area (Å²) in [5.74, 6) is 2.24. The van der Waals surface area contributed by atoms with Gasteiger partial charge in [0.15, 0.2) is 5.17 Å². The van der Waals surface area contributed by atoms with Crippen LogP contribution in [0.5, 0.6) is 0 Å². The second-order valence-electron chi connectivity index (χ2n) is 8.03. The number of amides is 1. The highest BCUT2D eigenvalue weighted by molar-refractivity contribution is 8.14. The van der Waals surface area contributed by atoms with Gasteiger partial charge < -0.3 is 9.88 Å². The van der Waals surface area contributed by atoms with Gasteiger partial charge in [-0.3, -0.25) is 15.2 Å². The minimum atomic E-state index is 0.0958. The molecule has 4 rings (SSSR count). The SMILES string of the molecule is CC1CCCC(N=C2NN=C(c3c[nH]c(C(=O)N4CCCC4)c3)CS2)C1C. The van der Waals surface area contributed by atoms with Gasteiger partial charge in [-0.15, -0.1) is 0 Å². The van der Waals surface area contributed by atoms with Crippen molar-refractivity contribution in [3.05, 3.63) is 23.5 Å². The molecule has 3 heterocycles. The molecule has 7 heteroatoms. The van der Waals surface area contributed by atoms with E-state index in [0.717, 1.165) is 54.0 Å². The van der Waals surface area contributed by atoms with Crippen LogP contribution in [0.1, 0.15) is 62.0 Å². The van der Waals surface area contributed by atoms with Crippen molar-refractivity contribution in [1.82, 2.24) is 15.3 Å². The van der Waals surface area contributed by atoms with E-state index < -0.39 is 0 Å². The number of carbonyl (C=O) groups is 1. The standard InChI is InChI=1S/C20H29N5OS/c1-13-6-5-7-16(14(13)2)22-20-24-23-18(12-27-20)15-10-17(21-11-15)19(26)25-8-3-4-9-25/h10-11,13-14,16,21H,3-9,12H2,1-2H3,(H,22,24). The van der Waals surface area contributed by atoms with Gasteiger partial charge in [0.2, 0.25) is 0 Å². The van der Waals surface area contributed by atoms with E-state index in [1.165, 1.54) is 19.3 Å². The lowest BCUT2D eigenvalue weighted by Gasteiger charge is -2.32. The third-order valence-electron chi connectivity index (χ3n) is 6.22. The Kier molecular flexibility index (Phi) is 5.57. The lowest BCUT2D eigenvalue weighted by Crippen LogP contribution is -2.32. The normalized spacial score (nSPS) is 30.3. The molecule has 0 spiro atoms. The Morgan fingerprint density at radius 1 is 1.26 bits per heavy atom. The van der Waals surface area contributed by atoms with Gasteiger partial charge >= 0.3 is 0 Å². The number of likely N-dealkylation sites (tertiary alicyclic amines) is 1. The summed E-state index contributed by atoms with van der Waals surface area (Å²) in [7, 11) is 0. The average Bonchev–Trinajstić information content (AvgIpc) is 3.38. The van der Waals surface area contributed by atoms with Crippen molar-refractivity contribution in [2.24, 2.45) is 21.9 Å². The van der Waals surface area contributed by atoms with Crippen LogP contribution in [0.4, 0.5) is 0 Å². The van der Waals surface area contributed by atoms with Gasteiger partial charge in [0.25, 0.3) is 5.91 Å². The number of rotatable bonds is 3. The maximum absolute atomic E-state index is 12.5. The fraction of sp³-hybridized carbons (Fsp3) is 0.650. The van der Waals surface area contributed by atoms with Crippen molar-refractivity contribution in [2.75, 3.05) is 18.8 Å². The highest BCUT2D eigenvalue weighted by atomic mass is 32.2. The topological polar surface area (TPSA) is 72.8 Å². The number of aliphatic imine (C=N–C) groups is 1. The Balaban J connectivity index is 1.40. The molecule has 3 atom stereocenters. The number of thioether (sulfide) groups is 1. The summed E-state index contributed by atoms with van der Waals surface area (Å²) in [6, 6.07) is 2.33. The number of nitrogens with one attached hydrogen (secondary N) is 2. The van der Waals surface area contributed by atoms with E-state index in [1.807, 2.05) is 17.2 Å². The summed E-state index contributed by atoms with van der Waals surface area (Å²) in [4.78, 5) is 22.5. The zero-order valence-corrected chi connectivity index (χ0v) is 17.0. The van der Waals surface area contributed by atoms with Gasteiger partial charge in [0.1, 0.15) is 5.69 Å². The van der Waals surface area contributed by atoms with E-state index in [2.05, 4.69) is 29.4 Å². The van der Waals surface area contributed by atoms with Crippen molar-refractivity contribution >= 4 is 28.5 Å². The van der Waals surface area contributed by atoms with E-state index in [0.29, 0.717) is 17.7 Å². The van der Waals surface area contributed by atoms with Crippen LogP contribution in [-0.2, 0) is 0 Å². The highest BCUT2D eigenvalue weighted by Crippen LogP contribution is 2.32. The predicted octanol–water partition coefficient (Wildman–Crippen LogP) is 3.47. The van der Waals surface area contributed by atoms with Crippen molar-refractivity contribution in [3.8, 4) is 0 Å². The van der Waals surface area contributed by atoms with Gasteiger partial charge in [0.05, 0.1) is 11.8 Å². The lowest BCUT2D eigenvalue weighted by atomic mass is 9.78. The molecule has 2 fully saturated rings. The molecule has 1 aromatic heterocycles. The first-order valence-electron chi connectivity index (χ1n) is 10.1. The first-order chi connectivity index (χ1) is 13.1. The molecule has 2 N–H and O–H groups in total. The van der Waals surface area contributed by atoms with E-state index in [9.17, 15) is 4.79 Å². The van der Waals surface area contributed by atoms with E-state index >= 15 is 0 Å². The molecular weight excluding hydrogens is 358 g/mol. The molecule has 3 unspecified atom stereocenters. The highest BCUT2D eigenvalue weighted by Gasteiger charge is 2.28. The zero-order valence-electron chi connectivity index (χ0n) is 16.2. The van der Waals surface area contributed by atoms with Crippen molar-refractivity contribution in [3.63, 3.8) is 0 Å². The summed E-state index contributed by atoms with van der Waals surface area (Å²) in [5, 5.41) is 5.46. The molecule has 1 saturated heterocycles. The summed E-state index contributed by atoms with van der Waals surface area (Å²) in [6.45, 7) is 6.38. The van der Waals surface area contributed by atoms with Crippen LogP contribution in [0.3, 0.4) is 0 Å². The second-order valence-corrected chi connectivity index (χ2v) is 8.99. The first-order valence-corrected chi connectivity index (χ1v) is 11.1.